The molecule has 5 nitrogen and oxygen atoms in total. The minimum atomic E-state index is -0.346. The molecule has 0 radical (unpaired) electrons. The van der Waals surface area contributed by atoms with Crippen molar-refractivity contribution in [1.82, 2.24) is 10.3 Å². The number of ether oxygens (including phenoxy) is 1. The van der Waals surface area contributed by atoms with Gasteiger partial charge in [-0.1, -0.05) is 22.0 Å². The van der Waals surface area contributed by atoms with E-state index in [0.717, 1.165) is 21.5 Å². The first-order valence-corrected chi connectivity index (χ1v) is 7.31. The fraction of sp³-hybridized carbons (Fsp3) is 0.333. The van der Waals surface area contributed by atoms with E-state index in [2.05, 4.69) is 31.0 Å². The number of carbonyl (C=O) groups is 1. The molecule has 21 heavy (non-hydrogen) atoms. The van der Waals surface area contributed by atoms with Gasteiger partial charge >= 0.3 is 5.97 Å². The third-order valence-corrected chi connectivity index (χ3v) is 3.88. The maximum absolute atomic E-state index is 11.4. The number of carbonyl (C=O) groups excluding carboxylic acids is 1. The Kier molecular flexibility index (Phi) is 5.14. The van der Waals surface area contributed by atoms with Gasteiger partial charge in [0.1, 0.15) is 5.76 Å². The number of rotatable bonds is 5. The van der Waals surface area contributed by atoms with E-state index in [1.54, 1.807) is 12.1 Å². The number of methoxy groups -OCH3 is 1. The molecule has 2 rings (SSSR count). The van der Waals surface area contributed by atoms with Gasteiger partial charge in [-0.15, -0.1) is 0 Å². The first-order valence-electron chi connectivity index (χ1n) is 6.51. The van der Waals surface area contributed by atoms with E-state index in [4.69, 9.17) is 4.42 Å². The van der Waals surface area contributed by atoms with Crippen molar-refractivity contribution in [3.8, 4) is 0 Å². The molecule has 112 valence electrons. The third kappa shape index (κ3) is 3.92. The van der Waals surface area contributed by atoms with Crippen LogP contribution in [0.25, 0.3) is 0 Å². The van der Waals surface area contributed by atoms with Crippen molar-refractivity contribution < 1.29 is 13.9 Å². The number of nitrogens with one attached hydrogen (secondary N) is 1. The van der Waals surface area contributed by atoms with Crippen LogP contribution in [0.3, 0.4) is 0 Å². The summed E-state index contributed by atoms with van der Waals surface area (Å²) in [5, 5.41) is 3.26. The van der Waals surface area contributed by atoms with Crippen LogP contribution in [-0.2, 0) is 17.8 Å². The number of halogens is 1. The molecule has 0 aliphatic carbocycles. The Morgan fingerprint density at radius 1 is 1.38 bits per heavy atom. The normalized spacial score (nSPS) is 10.7. The fourth-order valence-electron chi connectivity index (χ4n) is 1.85. The van der Waals surface area contributed by atoms with Crippen LogP contribution < -0.4 is 5.32 Å². The molecule has 0 saturated carbocycles. The maximum Gasteiger partial charge on any atom is 0.337 e. The maximum atomic E-state index is 11.4. The van der Waals surface area contributed by atoms with E-state index in [-0.39, 0.29) is 5.97 Å². The molecule has 0 amide bonds. The Bertz CT molecular complexity index is 633. The lowest BCUT2D eigenvalue weighted by molar-refractivity contribution is 0.0600. The summed E-state index contributed by atoms with van der Waals surface area (Å²) >= 11 is 3.46. The van der Waals surface area contributed by atoms with E-state index < -0.39 is 0 Å². The molecule has 2 aromatic rings. The molecule has 0 saturated heterocycles. The lowest BCUT2D eigenvalue weighted by atomic mass is 10.1. The van der Waals surface area contributed by atoms with Gasteiger partial charge in [0.05, 0.1) is 24.9 Å². The first-order chi connectivity index (χ1) is 10.0. The van der Waals surface area contributed by atoms with Gasteiger partial charge < -0.3 is 14.5 Å². The molecule has 0 aliphatic rings. The van der Waals surface area contributed by atoms with Crippen molar-refractivity contribution in [2.75, 3.05) is 7.11 Å². The van der Waals surface area contributed by atoms with Crippen LogP contribution >= 0.6 is 15.9 Å². The standard InChI is InChI=1S/C15H17BrN2O3/c1-9-10(2)21-14(18-9)8-17-7-12-5-4-11(6-13(12)16)15(19)20-3/h4-6,17H,7-8H2,1-3H3. The Morgan fingerprint density at radius 2 is 2.14 bits per heavy atom. The highest BCUT2D eigenvalue weighted by atomic mass is 79.9. The third-order valence-electron chi connectivity index (χ3n) is 3.14. The summed E-state index contributed by atoms with van der Waals surface area (Å²) in [5.41, 5.74) is 2.48. The Labute approximate surface area is 131 Å². The number of hydrogen-bond donors (Lipinski definition) is 1. The average molecular weight is 353 g/mol. The van der Waals surface area contributed by atoms with Gasteiger partial charge in [-0.05, 0) is 31.5 Å². The van der Waals surface area contributed by atoms with Gasteiger partial charge in [0.25, 0.3) is 0 Å². The van der Waals surface area contributed by atoms with Crippen LogP contribution in [0.15, 0.2) is 27.1 Å². The summed E-state index contributed by atoms with van der Waals surface area (Å²) in [6.45, 7) is 5.01. The molecule has 1 aromatic heterocycles. The number of aromatic nitrogens is 1. The first kappa shape index (κ1) is 15.7. The lowest BCUT2D eigenvalue weighted by Crippen LogP contribution is -2.13. The largest absolute Gasteiger partial charge is 0.465 e. The lowest BCUT2D eigenvalue weighted by Gasteiger charge is -2.07. The molecule has 0 spiro atoms. The van der Waals surface area contributed by atoms with Crippen LogP contribution in [0.5, 0.6) is 0 Å². The van der Waals surface area contributed by atoms with Crippen molar-refractivity contribution >= 4 is 21.9 Å². The Balaban J connectivity index is 1.95. The van der Waals surface area contributed by atoms with Crippen LogP contribution in [-0.4, -0.2) is 18.1 Å². The highest BCUT2D eigenvalue weighted by Gasteiger charge is 2.09. The SMILES string of the molecule is COC(=O)c1ccc(CNCc2nc(C)c(C)o2)c(Br)c1. The number of nitrogens with zero attached hydrogens (tertiary/aromatic N) is 1. The summed E-state index contributed by atoms with van der Waals surface area (Å²) in [6.07, 6.45) is 0. The van der Waals surface area contributed by atoms with Crippen LogP contribution in [0.4, 0.5) is 0 Å². The summed E-state index contributed by atoms with van der Waals surface area (Å²) in [5.74, 6) is 1.17. The smallest absolute Gasteiger partial charge is 0.337 e. The van der Waals surface area contributed by atoms with Crippen molar-refractivity contribution in [2.45, 2.75) is 26.9 Å². The molecule has 6 heteroatoms. The highest BCUT2D eigenvalue weighted by Crippen LogP contribution is 2.19. The number of aryl methyl sites for hydroxylation is 2. The molecule has 1 aromatic carbocycles. The fourth-order valence-corrected chi connectivity index (χ4v) is 2.37. The number of hydrogen-bond acceptors (Lipinski definition) is 5. The molecule has 0 aliphatic heterocycles. The quantitative estimate of drug-likeness (QED) is 0.837. The van der Waals surface area contributed by atoms with Gasteiger partial charge in [-0.2, -0.15) is 0 Å². The highest BCUT2D eigenvalue weighted by molar-refractivity contribution is 9.10. The minimum Gasteiger partial charge on any atom is -0.465 e. The molecule has 1 heterocycles. The van der Waals surface area contributed by atoms with Gasteiger partial charge in [0.15, 0.2) is 0 Å². The number of benzene rings is 1. The molecule has 0 atom stereocenters. The monoisotopic (exact) mass is 352 g/mol. The topological polar surface area (TPSA) is 64.4 Å². The molecular weight excluding hydrogens is 336 g/mol. The molecule has 0 unspecified atom stereocenters. The zero-order valence-electron chi connectivity index (χ0n) is 12.2. The summed E-state index contributed by atoms with van der Waals surface area (Å²) in [7, 11) is 1.37. The second kappa shape index (κ2) is 6.87. The van der Waals surface area contributed by atoms with Crippen molar-refractivity contribution in [2.24, 2.45) is 0 Å². The van der Waals surface area contributed by atoms with E-state index in [0.29, 0.717) is 24.5 Å². The van der Waals surface area contributed by atoms with E-state index in [1.165, 1.54) is 7.11 Å². The van der Waals surface area contributed by atoms with Crippen molar-refractivity contribution in [1.29, 1.82) is 0 Å². The van der Waals surface area contributed by atoms with Gasteiger partial charge in [0.2, 0.25) is 5.89 Å². The van der Waals surface area contributed by atoms with Gasteiger partial charge in [-0.3, -0.25) is 0 Å². The summed E-state index contributed by atoms with van der Waals surface area (Å²) in [6, 6.07) is 5.38. The summed E-state index contributed by atoms with van der Waals surface area (Å²) in [4.78, 5) is 15.7. The van der Waals surface area contributed by atoms with Crippen LogP contribution in [0, 0.1) is 13.8 Å². The van der Waals surface area contributed by atoms with Crippen molar-refractivity contribution in [3.05, 3.63) is 51.1 Å². The minimum absolute atomic E-state index is 0.346. The second-order valence-electron chi connectivity index (χ2n) is 4.65. The molecule has 1 N–H and O–H groups in total. The van der Waals surface area contributed by atoms with Crippen molar-refractivity contribution in [3.63, 3.8) is 0 Å². The zero-order valence-corrected chi connectivity index (χ0v) is 13.8. The average Bonchev–Trinajstić information content (AvgIpc) is 2.78. The molecule has 0 fully saturated rings. The Morgan fingerprint density at radius 3 is 2.71 bits per heavy atom. The second-order valence-corrected chi connectivity index (χ2v) is 5.50. The van der Waals surface area contributed by atoms with E-state index >= 15 is 0 Å². The number of oxazole rings is 1. The predicted octanol–water partition coefficient (Wildman–Crippen LogP) is 3.13. The van der Waals surface area contributed by atoms with Gasteiger partial charge in [0, 0.05) is 11.0 Å². The zero-order chi connectivity index (χ0) is 15.4. The van der Waals surface area contributed by atoms with E-state index in [1.807, 2.05) is 19.9 Å². The number of esters is 1. The van der Waals surface area contributed by atoms with E-state index in [9.17, 15) is 4.79 Å². The van der Waals surface area contributed by atoms with Gasteiger partial charge in [-0.25, -0.2) is 9.78 Å². The van der Waals surface area contributed by atoms with Crippen LogP contribution in [0.1, 0.15) is 33.3 Å². The van der Waals surface area contributed by atoms with Crippen LogP contribution in [0.2, 0.25) is 0 Å². The predicted molar refractivity (Wildman–Crippen MR) is 82.0 cm³/mol. The summed E-state index contributed by atoms with van der Waals surface area (Å²) < 4.78 is 11.0. The molecular formula is C15H17BrN2O3. The Hall–Kier alpha value is -1.66. The molecule has 0 bridgehead atoms.